The molecule has 4 aromatic rings. The zero-order valence-electron chi connectivity index (χ0n) is 17.8. The summed E-state index contributed by atoms with van der Waals surface area (Å²) in [7, 11) is 0. The number of hydrogen-bond donors (Lipinski definition) is 1. The minimum absolute atomic E-state index is 0.223. The van der Waals surface area contributed by atoms with E-state index in [9.17, 15) is 4.39 Å². The van der Waals surface area contributed by atoms with Crippen molar-refractivity contribution in [2.24, 2.45) is 5.92 Å². The van der Waals surface area contributed by atoms with Gasteiger partial charge in [0.25, 0.3) is 0 Å². The summed E-state index contributed by atoms with van der Waals surface area (Å²) in [6.07, 6.45) is 5.59. The molecule has 2 aromatic carbocycles. The molecule has 0 radical (unpaired) electrons. The normalized spacial score (nSPS) is 16.5. The SMILES string of the molecule is Fc1ccc(CCc2ncc3nc(-c4ccccc4Cl)n(C[C@@H]4CCCNC4)c3n2)cc1. The number of rotatable bonds is 6. The van der Waals surface area contributed by atoms with E-state index in [1.165, 1.54) is 25.0 Å². The topological polar surface area (TPSA) is 55.6 Å². The van der Waals surface area contributed by atoms with E-state index in [0.717, 1.165) is 60.0 Å². The van der Waals surface area contributed by atoms with E-state index in [1.807, 2.05) is 36.4 Å². The molecule has 1 fully saturated rings. The molecule has 7 heteroatoms. The molecule has 164 valence electrons. The van der Waals surface area contributed by atoms with Gasteiger partial charge >= 0.3 is 0 Å². The van der Waals surface area contributed by atoms with Crippen molar-refractivity contribution < 1.29 is 4.39 Å². The minimum Gasteiger partial charge on any atom is -0.316 e. The number of nitrogens with zero attached hydrogens (tertiary/aromatic N) is 4. The number of hydrogen-bond acceptors (Lipinski definition) is 4. The maximum atomic E-state index is 13.2. The first-order chi connectivity index (χ1) is 15.7. The van der Waals surface area contributed by atoms with Crippen LogP contribution in [0.15, 0.2) is 54.7 Å². The van der Waals surface area contributed by atoms with Crippen LogP contribution < -0.4 is 5.32 Å². The Morgan fingerprint density at radius 3 is 2.69 bits per heavy atom. The van der Waals surface area contributed by atoms with Crippen LogP contribution in [-0.4, -0.2) is 32.6 Å². The van der Waals surface area contributed by atoms with Crippen molar-refractivity contribution in [1.29, 1.82) is 0 Å². The summed E-state index contributed by atoms with van der Waals surface area (Å²) in [5.41, 5.74) is 3.58. The Labute approximate surface area is 191 Å². The van der Waals surface area contributed by atoms with Gasteiger partial charge in [-0.3, -0.25) is 0 Å². The first-order valence-electron chi connectivity index (χ1n) is 11.1. The average Bonchev–Trinajstić information content (AvgIpc) is 3.17. The predicted molar refractivity (Wildman–Crippen MR) is 125 cm³/mol. The van der Waals surface area contributed by atoms with E-state index in [1.54, 1.807) is 6.20 Å². The number of aromatic nitrogens is 4. The van der Waals surface area contributed by atoms with E-state index in [0.29, 0.717) is 17.4 Å². The van der Waals surface area contributed by atoms with E-state index in [2.05, 4.69) is 14.9 Å². The molecule has 5 nitrogen and oxygen atoms in total. The second-order valence-corrected chi connectivity index (χ2v) is 8.77. The zero-order chi connectivity index (χ0) is 21.9. The third kappa shape index (κ3) is 4.52. The molecule has 0 spiro atoms. The fraction of sp³-hybridized carbons (Fsp3) is 0.320. The molecule has 1 saturated heterocycles. The molecular weight excluding hydrogens is 425 g/mol. The Morgan fingerprint density at radius 1 is 1.06 bits per heavy atom. The summed E-state index contributed by atoms with van der Waals surface area (Å²) in [6, 6.07) is 14.4. The maximum Gasteiger partial charge on any atom is 0.164 e. The van der Waals surface area contributed by atoms with Crippen LogP contribution in [0.4, 0.5) is 4.39 Å². The molecule has 0 bridgehead atoms. The van der Waals surface area contributed by atoms with Crippen LogP contribution in [0.5, 0.6) is 0 Å². The van der Waals surface area contributed by atoms with Crippen molar-refractivity contribution in [2.45, 2.75) is 32.2 Å². The highest BCUT2D eigenvalue weighted by atomic mass is 35.5. The van der Waals surface area contributed by atoms with Gasteiger partial charge in [-0.2, -0.15) is 0 Å². The summed E-state index contributed by atoms with van der Waals surface area (Å²) in [4.78, 5) is 14.3. The van der Waals surface area contributed by atoms with Gasteiger partial charge in [0.15, 0.2) is 5.65 Å². The highest BCUT2D eigenvalue weighted by molar-refractivity contribution is 6.33. The molecule has 0 aliphatic carbocycles. The number of aryl methyl sites for hydroxylation is 2. The van der Waals surface area contributed by atoms with Crippen LogP contribution in [0, 0.1) is 11.7 Å². The minimum atomic E-state index is -0.223. The van der Waals surface area contributed by atoms with E-state index in [4.69, 9.17) is 21.6 Å². The molecule has 1 aliphatic heterocycles. The monoisotopic (exact) mass is 449 g/mol. The van der Waals surface area contributed by atoms with Crippen LogP contribution in [-0.2, 0) is 19.4 Å². The lowest BCUT2D eigenvalue weighted by Crippen LogP contribution is -2.32. The summed E-state index contributed by atoms with van der Waals surface area (Å²) in [6.45, 7) is 2.90. The Bertz CT molecular complexity index is 1210. The number of imidazole rings is 1. The highest BCUT2D eigenvalue weighted by Crippen LogP contribution is 2.31. The van der Waals surface area contributed by atoms with Crippen LogP contribution >= 0.6 is 11.6 Å². The fourth-order valence-corrected chi connectivity index (χ4v) is 4.56. The van der Waals surface area contributed by atoms with E-state index in [-0.39, 0.29) is 5.82 Å². The summed E-state index contributed by atoms with van der Waals surface area (Å²) in [5.74, 6) is 1.89. The molecule has 5 rings (SSSR count). The third-order valence-electron chi connectivity index (χ3n) is 6.04. The van der Waals surface area contributed by atoms with Gasteiger partial charge in [-0.15, -0.1) is 0 Å². The third-order valence-corrected chi connectivity index (χ3v) is 6.37. The molecule has 1 atom stereocenters. The lowest BCUT2D eigenvalue weighted by molar-refractivity contribution is 0.341. The van der Waals surface area contributed by atoms with Crippen molar-refractivity contribution in [3.8, 4) is 11.4 Å². The number of halogens is 2. The largest absolute Gasteiger partial charge is 0.316 e. The van der Waals surface area contributed by atoms with Gasteiger partial charge in [0.2, 0.25) is 0 Å². The van der Waals surface area contributed by atoms with Crippen molar-refractivity contribution in [1.82, 2.24) is 24.8 Å². The van der Waals surface area contributed by atoms with E-state index < -0.39 is 0 Å². The first-order valence-corrected chi connectivity index (χ1v) is 11.5. The first kappa shape index (κ1) is 21.0. The summed E-state index contributed by atoms with van der Waals surface area (Å²) < 4.78 is 15.4. The van der Waals surface area contributed by atoms with Gasteiger partial charge in [-0.1, -0.05) is 35.9 Å². The summed E-state index contributed by atoms with van der Waals surface area (Å²) in [5, 5.41) is 4.18. The predicted octanol–water partition coefficient (Wildman–Crippen LogP) is 5.07. The van der Waals surface area contributed by atoms with Gasteiger partial charge < -0.3 is 9.88 Å². The van der Waals surface area contributed by atoms with Gasteiger partial charge in [-0.05, 0) is 68.1 Å². The summed E-state index contributed by atoms with van der Waals surface area (Å²) >= 11 is 6.53. The zero-order valence-corrected chi connectivity index (χ0v) is 18.5. The standard InChI is InChI=1S/C25H25ClFN5/c26-21-6-2-1-5-20(21)24-30-22-15-29-23(12-9-17-7-10-19(27)11-8-17)31-25(22)32(24)16-18-4-3-13-28-14-18/h1-2,5-8,10-11,15,18,28H,3-4,9,12-14,16H2/t18-/m1/s1. The quantitative estimate of drug-likeness (QED) is 0.446. The van der Waals surface area contributed by atoms with E-state index >= 15 is 0 Å². The van der Waals surface area contributed by atoms with Crippen molar-refractivity contribution in [2.75, 3.05) is 13.1 Å². The average molecular weight is 450 g/mol. The molecule has 1 N–H and O–H groups in total. The number of nitrogens with one attached hydrogen (secondary N) is 1. The number of fused-ring (bicyclic) bond motifs is 1. The fourth-order valence-electron chi connectivity index (χ4n) is 4.34. The molecule has 0 amide bonds. The number of benzene rings is 2. The Balaban J connectivity index is 1.50. The molecule has 0 unspecified atom stereocenters. The van der Waals surface area contributed by atoms with Crippen molar-refractivity contribution in [3.63, 3.8) is 0 Å². The molecular formula is C25H25ClFN5. The second kappa shape index (κ2) is 9.35. The van der Waals surface area contributed by atoms with Crippen LogP contribution in [0.3, 0.4) is 0 Å². The van der Waals surface area contributed by atoms with Gasteiger partial charge in [0.05, 0.1) is 11.2 Å². The van der Waals surface area contributed by atoms with Gasteiger partial charge in [0, 0.05) is 18.5 Å². The lowest BCUT2D eigenvalue weighted by atomic mass is 9.99. The van der Waals surface area contributed by atoms with Crippen molar-refractivity contribution >= 4 is 22.8 Å². The van der Waals surface area contributed by atoms with Crippen LogP contribution in [0.25, 0.3) is 22.6 Å². The molecule has 32 heavy (non-hydrogen) atoms. The second-order valence-electron chi connectivity index (χ2n) is 8.36. The lowest BCUT2D eigenvalue weighted by Gasteiger charge is -2.24. The molecule has 2 aromatic heterocycles. The highest BCUT2D eigenvalue weighted by Gasteiger charge is 2.21. The number of piperidine rings is 1. The Morgan fingerprint density at radius 2 is 1.91 bits per heavy atom. The van der Waals surface area contributed by atoms with Crippen LogP contribution in [0.1, 0.15) is 24.2 Å². The smallest absolute Gasteiger partial charge is 0.164 e. The maximum absolute atomic E-state index is 13.2. The Kier molecular flexibility index (Phi) is 6.14. The van der Waals surface area contributed by atoms with Gasteiger partial charge in [-0.25, -0.2) is 19.3 Å². The molecule has 0 saturated carbocycles. The molecule has 3 heterocycles. The Hall–Kier alpha value is -2.83. The molecule has 1 aliphatic rings. The van der Waals surface area contributed by atoms with Gasteiger partial charge in [0.1, 0.15) is 23.0 Å². The van der Waals surface area contributed by atoms with Crippen LogP contribution in [0.2, 0.25) is 5.02 Å². The van der Waals surface area contributed by atoms with Crippen molar-refractivity contribution in [3.05, 3.63) is 77.0 Å².